The van der Waals surface area contributed by atoms with Crippen LogP contribution in [0.15, 0.2) is 33.9 Å². The van der Waals surface area contributed by atoms with Gasteiger partial charge in [0.1, 0.15) is 11.2 Å². The van der Waals surface area contributed by atoms with Crippen LogP contribution in [-0.4, -0.2) is 18.6 Å². The van der Waals surface area contributed by atoms with E-state index in [1.165, 1.54) is 7.11 Å². The van der Waals surface area contributed by atoms with Crippen molar-refractivity contribution in [2.24, 2.45) is 5.73 Å². The highest BCUT2D eigenvalue weighted by atomic mass is 32.2. The summed E-state index contributed by atoms with van der Waals surface area (Å²) in [7, 11) is 1.36. The van der Waals surface area contributed by atoms with Crippen LogP contribution in [0.4, 0.5) is 0 Å². The van der Waals surface area contributed by atoms with Crippen LogP contribution in [0.1, 0.15) is 6.92 Å². The fourth-order valence-electron chi connectivity index (χ4n) is 1.54. The zero-order valence-electron chi connectivity index (χ0n) is 8.53. The molecule has 2 aliphatic rings. The van der Waals surface area contributed by atoms with Gasteiger partial charge < -0.3 is 15.8 Å². The number of nitrogens with two attached hydrogens (primary N) is 1. The van der Waals surface area contributed by atoms with E-state index in [-0.39, 0.29) is 5.97 Å². The number of ether oxygens (including phenoxy) is 1. The molecule has 0 aromatic heterocycles. The molecule has 0 aliphatic carbocycles. The molecule has 0 saturated carbocycles. The molecule has 0 bridgehead atoms. The van der Waals surface area contributed by atoms with E-state index in [1.807, 2.05) is 18.4 Å². The van der Waals surface area contributed by atoms with Crippen molar-refractivity contribution in [2.75, 3.05) is 7.11 Å². The maximum absolute atomic E-state index is 11.4. The number of carbonyl (C=O) groups excluding carboxylic acids is 1. The third-order valence-corrected chi connectivity index (χ3v) is 3.74. The first-order chi connectivity index (χ1) is 7.08. The maximum Gasteiger partial charge on any atom is 0.354 e. The number of methoxy groups -OCH3 is 1. The standard InChI is InChI=1S/C10H12N2O2S/c1-10-7(11)5-15-8(10)4-3-6(12-10)9(13)14-2/h3-5,12H,11H2,1-2H3. The number of fused-ring (bicyclic) bond motifs is 1. The van der Waals surface area contributed by atoms with E-state index in [9.17, 15) is 4.79 Å². The predicted octanol–water partition coefficient (Wildman–Crippen LogP) is 0.836. The van der Waals surface area contributed by atoms with Crippen molar-refractivity contribution >= 4 is 17.7 Å². The lowest BCUT2D eigenvalue weighted by Gasteiger charge is -2.32. The topological polar surface area (TPSA) is 64.3 Å². The van der Waals surface area contributed by atoms with Crippen molar-refractivity contribution in [1.29, 1.82) is 0 Å². The summed E-state index contributed by atoms with van der Waals surface area (Å²) in [4.78, 5) is 12.4. The Kier molecular flexibility index (Phi) is 2.26. The van der Waals surface area contributed by atoms with Gasteiger partial charge in [-0.15, -0.1) is 0 Å². The Morgan fingerprint density at radius 3 is 3.00 bits per heavy atom. The van der Waals surface area contributed by atoms with Gasteiger partial charge in [-0.25, -0.2) is 4.79 Å². The number of thioether (sulfide) groups is 1. The second-order valence-electron chi connectivity index (χ2n) is 3.54. The minimum atomic E-state index is -0.455. The Bertz CT molecular complexity index is 412. The first-order valence-electron chi connectivity index (χ1n) is 4.49. The summed E-state index contributed by atoms with van der Waals surface area (Å²) in [6.07, 6.45) is 3.60. The molecular weight excluding hydrogens is 212 g/mol. The van der Waals surface area contributed by atoms with E-state index in [0.717, 1.165) is 4.91 Å². The van der Waals surface area contributed by atoms with E-state index < -0.39 is 5.54 Å². The van der Waals surface area contributed by atoms with Crippen LogP contribution in [0.3, 0.4) is 0 Å². The van der Waals surface area contributed by atoms with Gasteiger partial charge >= 0.3 is 5.97 Å². The lowest BCUT2D eigenvalue weighted by Crippen LogP contribution is -2.48. The molecule has 0 fully saturated rings. The van der Waals surface area contributed by atoms with Gasteiger partial charge in [0.05, 0.1) is 7.11 Å². The van der Waals surface area contributed by atoms with Crippen LogP contribution in [0.25, 0.3) is 0 Å². The molecular formula is C10H12N2O2S. The van der Waals surface area contributed by atoms with Gasteiger partial charge in [0.2, 0.25) is 0 Å². The molecule has 2 heterocycles. The molecule has 4 nitrogen and oxygen atoms in total. The Labute approximate surface area is 92.2 Å². The number of dihydropyridines is 1. The van der Waals surface area contributed by atoms with Gasteiger partial charge in [-0.1, -0.05) is 11.8 Å². The van der Waals surface area contributed by atoms with Gasteiger partial charge in [0, 0.05) is 10.6 Å². The number of hydrogen-bond acceptors (Lipinski definition) is 5. The highest BCUT2D eigenvalue weighted by molar-refractivity contribution is 8.06. The molecule has 0 amide bonds. The lowest BCUT2D eigenvalue weighted by molar-refractivity contribution is -0.136. The summed E-state index contributed by atoms with van der Waals surface area (Å²) < 4.78 is 4.65. The van der Waals surface area contributed by atoms with Crippen LogP contribution in [0, 0.1) is 0 Å². The summed E-state index contributed by atoms with van der Waals surface area (Å²) in [6.45, 7) is 1.95. The first-order valence-corrected chi connectivity index (χ1v) is 5.37. The maximum atomic E-state index is 11.4. The molecule has 1 unspecified atom stereocenters. The number of nitrogens with one attached hydrogen (secondary N) is 1. The normalized spacial score (nSPS) is 28.3. The number of rotatable bonds is 1. The van der Waals surface area contributed by atoms with Gasteiger partial charge in [0.25, 0.3) is 0 Å². The Hall–Kier alpha value is -1.36. The van der Waals surface area contributed by atoms with Crippen molar-refractivity contribution in [2.45, 2.75) is 12.5 Å². The van der Waals surface area contributed by atoms with Crippen molar-refractivity contribution < 1.29 is 9.53 Å². The Morgan fingerprint density at radius 2 is 2.33 bits per heavy atom. The average Bonchev–Trinajstić information content (AvgIpc) is 2.53. The van der Waals surface area contributed by atoms with Crippen LogP contribution in [0.5, 0.6) is 0 Å². The number of carbonyl (C=O) groups is 1. The molecule has 0 spiro atoms. The van der Waals surface area contributed by atoms with Crippen LogP contribution < -0.4 is 11.1 Å². The fraction of sp³-hybridized carbons (Fsp3) is 0.300. The molecule has 0 radical (unpaired) electrons. The SMILES string of the molecule is COC(=O)C1=CC=C2SC=C(N)C2(C)N1. The summed E-state index contributed by atoms with van der Waals surface area (Å²) in [5.41, 5.74) is 6.58. The van der Waals surface area contributed by atoms with E-state index in [1.54, 1.807) is 17.8 Å². The summed E-state index contributed by atoms with van der Waals surface area (Å²) in [5, 5.41) is 4.98. The Morgan fingerprint density at radius 1 is 1.60 bits per heavy atom. The van der Waals surface area contributed by atoms with Crippen LogP contribution in [0.2, 0.25) is 0 Å². The highest BCUT2D eigenvalue weighted by Gasteiger charge is 2.39. The molecule has 2 rings (SSSR count). The van der Waals surface area contributed by atoms with Gasteiger partial charge in [0.15, 0.2) is 0 Å². The molecule has 5 heteroatoms. The highest BCUT2D eigenvalue weighted by Crippen LogP contribution is 2.42. The fourth-order valence-corrected chi connectivity index (χ4v) is 2.58. The quantitative estimate of drug-likeness (QED) is 0.646. The minimum Gasteiger partial charge on any atom is -0.464 e. The zero-order chi connectivity index (χ0) is 11.1. The largest absolute Gasteiger partial charge is 0.464 e. The Balaban J connectivity index is 2.32. The number of hydrogen-bond donors (Lipinski definition) is 2. The molecule has 15 heavy (non-hydrogen) atoms. The van der Waals surface area contributed by atoms with Gasteiger partial charge in [-0.3, -0.25) is 0 Å². The van der Waals surface area contributed by atoms with Crippen molar-refractivity contribution in [1.82, 2.24) is 5.32 Å². The molecule has 80 valence electrons. The molecule has 2 aliphatic heterocycles. The first kappa shape index (κ1) is 10.2. The lowest BCUT2D eigenvalue weighted by atomic mass is 9.95. The average molecular weight is 224 g/mol. The second-order valence-corrected chi connectivity index (χ2v) is 4.46. The smallest absolute Gasteiger partial charge is 0.354 e. The molecule has 3 N–H and O–H groups in total. The van der Waals surface area contributed by atoms with Crippen molar-refractivity contribution in [3.63, 3.8) is 0 Å². The van der Waals surface area contributed by atoms with E-state index in [2.05, 4.69) is 10.1 Å². The van der Waals surface area contributed by atoms with Gasteiger partial charge in [-0.05, 0) is 24.5 Å². The molecule has 0 saturated heterocycles. The summed E-state index contributed by atoms with van der Waals surface area (Å²) >= 11 is 1.57. The molecule has 1 atom stereocenters. The zero-order valence-corrected chi connectivity index (χ0v) is 9.35. The van der Waals surface area contributed by atoms with E-state index in [0.29, 0.717) is 11.4 Å². The molecule has 0 aromatic carbocycles. The second kappa shape index (κ2) is 3.34. The molecule has 0 aromatic rings. The van der Waals surface area contributed by atoms with Crippen LogP contribution in [-0.2, 0) is 9.53 Å². The third-order valence-electron chi connectivity index (χ3n) is 2.57. The van der Waals surface area contributed by atoms with E-state index >= 15 is 0 Å². The summed E-state index contributed by atoms with van der Waals surface area (Å²) in [6, 6.07) is 0. The summed E-state index contributed by atoms with van der Waals surface area (Å²) in [5.74, 6) is -0.378. The number of esters is 1. The number of allylic oxidation sites excluding steroid dienone is 2. The van der Waals surface area contributed by atoms with Gasteiger partial charge in [-0.2, -0.15) is 0 Å². The third kappa shape index (κ3) is 1.43. The van der Waals surface area contributed by atoms with Crippen molar-refractivity contribution in [3.05, 3.63) is 33.9 Å². The van der Waals surface area contributed by atoms with E-state index in [4.69, 9.17) is 5.73 Å². The van der Waals surface area contributed by atoms with Crippen LogP contribution >= 0.6 is 11.8 Å². The monoisotopic (exact) mass is 224 g/mol. The van der Waals surface area contributed by atoms with Crippen molar-refractivity contribution in [3.8, 4) is 0 Å². The predicted molar refractivity (Wildman–Crippen MR) is 59.6 cm³/mol. The minimum absolute atomic E-state index is 0.378.